The monoisotopic (exact) mass is 499 g/mol. The van der Waals surface area contributed by atoms with E-state index in [9.17, 15) is 14.7 Å². The zero-order valence-corrected chi connectivity index (χ0v) is 19.9. The van der Waals surface area contributed by atoms with Crippen molar-refractivity contribution < 1.29 is 24.2 Å². The Morgan fingerprint density at radius 2 is 1.82 bits per heavy atom. The van der Waals surface area contributed by atoms with Gasteiger partial charge >= 0.3 is 5.97 Å². The lowest BCUT2D eigenvalue weighted by Gasteiger charge is -2.25. The van der Waals surface area contributed by atoms with Crippen LogP contribution in [0, 0.1) is 6.92 Å². The van der Waals surface area contributed by atoms with Crippen LogP contribution < -0.4 is 14.8 Å². The minimum Gasteiger partial charge on any atom is -0.492 e. The first kappa shape index (κ1) is 23.9. The van der Waals surface area contributed by atoms with Crippen LogP contribution in [0.4, 0.5) is 0 Å². The van der Waals surface area contributed by atoms with Crippen LogP contribution in [0.15, 0.2) is 54.6 Å². The summed E-state index contributed by atoms with van der Waals surface area (Å²) in [6.45, 7) is 2.80. The van der Waals surface area contributed by atoms with Gasteiger partial charge in [-0.25, -0.2) is 0 Å². The number of halogens is 2. The van der Waals surface area contributed by atoms with Crippen LogP contribution >= 0.6 is 23.2 Å². The fourth-order valence-corrected chi connectivity index (χ4v) is 4.36. The van der Waals surface area contributed by atoms with Gasteiger partial charge in [-0.3, -0.25) is 9.59 Å². The highest BCUT2D eigenvalue weighted by atomic mass is 35.5. The number of hydrogen-bond donors (Lipinski definition) is 2. The van der Waals surface area contributed by atoms with Crippen LogP contribution in [0.25, 0.3) is 0 Å². The Balaban J connectivity index is 1.42. The fourth-order valence-electron chi connectivity index (χ4n) is 3.76. The van der Waals surface area contributed by atoms with Crippen LogP contribution in [0.2, 0.25) is 10.0 Å². The molecule has 0 saturated heterocycles. The highest BCUT2D eigenvalue weighted by Crippen LogP contribution is 2.48. The quantitative estimate of drug-likeness (QED) is 0.415. The molecule has 1 atom stereocenters. The topological polar surface area (TPSA) is 84.9 Å². The van der Waals surface area contributed by atoms with Crippen molar-refractivity contribution in [1.82, 2.24) is 5.32 Å². The Bertz CT molecular complexity index is 1210. The molecule has 8 heteroatoms. The predicted octanol–water partition coefficient (Wildman–Crippen LogP) is 6.02. The number of hydrogen-bond acceptors (Lipinski definition) is 4. The first-order valence-corrected chi connectivity index (χ1v) is 11.6. The van der Waals surface area contributed by atoms with E-state index in [1.54, 1.807) is 24.3 Å². The van der Waals surface area contributed by atoms with Gasteiger partial charge < -0.3 is 19.9 Å². The molecule has 3 aromatic rings. The largest absolute Gasteiger partial charge is 0.492 e. The maximum Gasteiger partial charge on any atom is 0.311 e. The number of aliphatic carboxylic acids is 1. The van der Waals surface area contributed by atoms with Gasteiger partial charge in [-0.15, -0.1) is 0 Å². The Labute approximate surface area is 207 Å². The molecular weight excluding hydrogens is 477 g/mol. The van der Waals surface area contributed by atoms with Gasteiger partial charge in [0.25, 0.3) is 5.91 Å². The lowest BCUT2D eigenvalue weighted by Crippen LogP contribution is -2.25. The third-order valence-corrected chi connectivity index (χ3v) is 6.27. The summed E-state index contributed by atoms with van der Waals surface area (Å²) in [6.07, 6.45) is 1.08. The van der Waals surface area contributed by atoms with Crippen molar-refractivity contribution in [2.75, 3.05) is 13.2 Å². The number of rotatable bonds is 7. The van der Waals surface area contributed by atoms with Gasteiger partial charge in [0.05, 0.1) is 17.5 Å². The van der Waals surface area contributed by atoms with Crippen LogP contribution in [0.5, 0.6) is 17.2 Å². The number of ether oxygens (including phenoxy) is 2. The molecule has 2 N–H and O–H groups in total. The van der Waals surface area contributed by atoms with Crippen molar-refractivity contribution in [3.05, 3.63) is 86.9 Å². The molecule has 0 spiro atoms. The molecule has 6 nitrogen and oxygen atoms in total. The molecule has 1 aliphatic rings. The van der Waals surface area contributed by atoms with Crippen molar-refractivity contribution >= 4 is 35.1 Å². The van der Waals surface area contributed by atoms with Crippen molar-refractivity contribution in [2.45, 2.75) is 25.7 Å². The minimum absolute atomic E-state index is 0.117. The van der Waals surface area contributed by atoms with Crippen molar-refractivity contribution in [2.24, 2.45) is 0 Å². The molecule has 0 saturated carbocycles. The number of amides is 1. The Morgan fingerprint density at radius 3 is 2.50 bits per heavy atom. The molecule has 1 amide bonds. The standard InChI is InChI=1S/C26H23Cl2NO5/c1-15-2-4-16(5-3-15)10-12-29-25(30)17-6-8-18(9-7-17)34-24-21(27)14-20-19(26(31)32)11-13-33-23(20)22(24)28/h2-9,14,19H,10-13H2,1H3,(H,29,30)(H,31,32). The molecule has 0 bridgehead atoms. The van der Waals surface area contributed by atoms with Crippen molar-refractivity contribution in [3.63, 3.8) is 0 Å². The molecule has 0 radical (unpaired) electrons. The second-order valence-electron chi connectivity index (χ2n) is 8.07. The average Bonchev–Trinajstić information content (AvgIpc) is 2.83. The van der Waals surface area contributed by atoms with Crippen LogP contribution in [0.1, 0.15) is 39.4 Å². The van der Waals surface area contributed by atoms with Crippen molar-refractivity contribution in [1.29, 1.82) is 0 Å². The van der Waals surface area contributed by atoms with Gasteiger partial charge in [0.1, 0.15) is 16.5 Å². The third kappa shape index (κ3) is 5.29. The maximum atomic E-state index is 12.5. The smallest absolute Gasteiger partial charge is 0.311 e. The number of nitrogens with one attached hydrogen (secondary N) is 1. The summed E-state index contributed by atoms with van der Waals surface area (Å²) >= 11 is 12.8. The van der Waals surface area contributed by atoms with Gasteiger partial charge in [-0.1, -0.05) is 53.0 Å². The van der Waals surface area contributed by atoms with E-state index in [0.717, 1.165) is 12.0 Å². The number of carbonyl (C=O) groups is 2. The molecule has 0 aliphatic carbocycles. The zero-order valence-electron chi connectivity index (χ0n) is 18.4. The highest BCUT2D eigenvalue weighted by Gasteiger charge is 2.32. The van der Waals surface area contributed by atoms with E-state index in [0.29, 0.717) is 29.8 Å². The maximum absolute atomic E-state index is 12.5. The van der Waals surface area contributed by atoms with Gasteiger partial charge in [0, 0.05) is 17.7 Å². The molecule has 3 aromatic carbocycles. The second-order valence-corrected chi connectivity index (χ2v) is 8.85. The third-order valence-electron chi connectivity index (χ3n) is 5.64. The number of carboxylic acids is 1. The SMILES string of the molecule is Cc1ccc(CCNC(=O)c2ccc(Oc3c(Cl)cc4c(c3Cl)OCCC4C(=O)O)cc2)cc1. The molecule has 1 unspecified atom stereocenters. The van der Waals surface area contributed by atoms with Gasteiger partial charge in [-0.05, 0) is 55.7 Å². The van der Waals surface area contributed by atoms with E-state index >= 15 is 0 Å². The van der Waals surface area contributed by atoms with Gasteiger partial charge in [0.15, 0.2) is 5.75 Å². The highest BCUT2D eigenvalue weighted by molar-refractivity contribution is 6.38. The Hall–Kier alpha value is -3.22. The lowest BCUT2D eigenvalue weighted by atomic mass is 9.93. The number of carbonyl (C=O) groups excluding carboxylic acids is 1. The molecular formula is C26H23Cl2NO5. The van der Waals surface area contributed by atoms with E-state index in [-0.39, 0.29) is 34.1 Å². The summed E-state index contributed by atoms with van der Waals surface area (Å²) in [7, 11) is 0. The van der Waals surface area contributed by atoms with E-state index in [4.69, 9.17) is 32.7 Å². The number of aryl methyl sites for hydroxylation is 1. The molecule has 4 rings (SSSR count). The minimum atomic E-state index is -0.960. The normalized spacial score (nSPS) is 14.6. The van der Waals surface area contributed by atoms with Crippen molar-refractivity contribution in [3.8, 4) is 17.2 Å². The summed E-state index contributed by atoms with van der Waals surface area (Å²) < 4.78 is 11.5. The second kappa shape index (κ2) is 10.4. The summed E-state index contributed by atoms with van der Waals surface area (Å²) in [5, 5.41) is 12.7. The number of fused-ring (bicyclic) bond motifs is 1. The van der Waals surface area contributed by atoms with Crippen LogP contribution in [-0.4, -0.2) is 30.1 Å². The molecule has 1 aliphatic heterocycles. The van der Waals surface area contributed by atoms with Gasteiger partial charge in [0.2, 0.25) is 0 Å². The lowest BCUT2D eigenvalue weighted by molar-refractivity contribution is -0.139. The molecule has 0 aromatic heterocycles. The predicted molar refractivity (Wildman–Crippen MR) is 131 cm³/mol. The molecule has 34 heavy (non-hydrogen) atoms. The Morgan fingerprint density at radius 1 is 1.12 bits per heavy atom. The fraction of sp³-hybridized carbons (Fsp3) is 0.231. The summed E-state index contributed by atoms with van der Waals surface area (Å²) in [5.74, 6) is -1.02. The first-order chi connectivity index (χ1) is 16.3. The van der Waals surface area contributed by atoms with Gasteiger partial charge in [-0.2, -0.15) is 0 Å². The molecule has 1 heterocycles. The number of benzene rings is 3. The molecule has 176 valence electrons. The van der Waals surface area contributed by atoms with Crippen LogP contribution in [0.3, 0.4) is 0 Å². The zero-order chi connectivity index (χ0) is 24.2. The van der Waals surface area contributed by atoms with Crippen LogP contribution in [-0.2, 0) is 11.2 Å². The average molecular weight is 500 g/mol. The van der Waals surface area contributed by atoms with E-state index < -0.39 is 11.9 Å². The summed E-state index contributed by atoms with van der Waals surface area (Å²) in [5.41, 5.74) is 3.28. The van der Waals surface area contributed by atoms with E-state index in [1.807, 2.05) is 19.1 Å². The number of carboxylic acid groups (broad SMARTS) is 1. The van der Waals surface area contributed by atoms with E-state index in [1.165, 1.54) is 11.6 Å². The first-order valence-electron chi connectivity index (χ1n) is 10.8. The summed E-state index contributed by atoms with van der Waals surface area (Å²) in [6, 6.07) is 16.3. The molecule has 0 fully saturated rings. The van der Waals surface area contributed by atoms with E-state index in [2.05, 4.69) is 17.4 Å². The summed E-state index contributed by atoms with van der Waals surface area (Å²) in [4.78, 5) is 24.0. The Kier molecular flexibility index (Phi) is 7.29.